The maximum Gasteiger partial charge on any atom is 0.343 e. The van der Waals surface area contributed by atoms with Gasteiger partial charge in [-0.25, -0.2) is 4.79 Å². The Morgan fingerprint density at radius 2 is 1.80 bits per heavy atom. The predicted octanol–water partition coefficient (Wildman–Crippen LogP) is 4.75. The fourth-order valence-electron chi connectivity index (χ4n) is 3.41. The second-order valence-corrected chi connectivity index (χ2v) is 8.93. The summed E-state index contributed by atoms with van der Waals surface area (Å²) in [5, 5.41) is 8.96. The van der Waals surface area contributed by atoms with Crippen LogP contribution in [0.15, 0.2) is 52.0 Å². The van der Waals surface area contributed by atoms with Gasteiger partial charge in [-0.3, -0.25) is 15.1 Å². The fraction of sp³-hybridized carbons (Fsp3) is 0.167. The lowest BCUT2D eigenvalue weighted by Crippen LogP contribution is -2.35. The van der Waals surface area contributed by atoms with Crippen LogP contribution in [0.1, 0.15) is 22.8 Å². The molecule has 0 radical (unpaired) electrons. The molecule has 2 heterocycles. The van der Waals surface area contributed by atoms with Crippen molar-refractivity contribution in [2.75, 3.05) is 21.3 Å². The summed E-state index contributed by atoms with van der Waals surface area (Å²) in [5.74, 6) is -0.194. The van der Waals surface area contributed by atoms with Gasteiger partial charge >= 0.3 is 5.97 Å². The Labute approximate surface area is 210 Å². The van der Waals surface area contributed by atoms with Crippen molar-refractivity contribution in [1.82, 2.24) is 4.90 Å². The number of halogens is 1. The molecule has 0 aromatic heterocycles. The second kappa shape index (κ2) is 9.85. The lowest BCUT2D eigenvalue weighted by atomic mass is 10.1. The van der Waals surface area contributed by atoms with Crippen LogP contribution in [-0.2, 0) is 4.79 Å². The molecule has 4 rings (SSSR count). The van der Waals surface area contributed by atoms with E-state index >= 15 is 0 Å². The maximum atomic E-state index is 12.8. The third kappa shape index (κ3) is 4.75. The monoisotopic (exact) mass is 513 g/mol. The number of ether oxygens (including phenoxy) is 4. The zero-order valence-electron chi connectivity index (χ0n) is 19.2. The summed E-state index contributed by atoms with van der Waals surface area (Å²) in [5.41, 5.74) is 0.777. The molecule has 0 fully saturated rings. The van der Waals surface area contributed by atoms with Gasteiger partial charge in [0.25, 0.3) is 5.91 Å². The molecule has 0 aliphatic carbocycles. The molecule has 0 spiro atoms. The zero-order chi connectivity index (χ0) is 25.3. The van der Waals surface area contributed by atoms with Gasteiger partial charge < -0.3 is 18.9 Å². The Bertz CT molecular complexity index is 1350. The van der Waals surface area contributed by atoms with Crippen LogP contribution in [-0.4, -0.2) is 49.1 Å². The van der Waals surface area contributed by atoms with E-state index in [-0.39, 0.29) is 33.5 Å². The number of methoxy groups -OCH3 is 3. The van der Waals surface area contributed by atoms with Crippen molar-refractivity contribution in [1.29, 1.82) is 5.41 Å². The first kappa shape index (κ1) is 24.4. The average Bonchev–Trinajstić information content (AvgIpc) is 3.22. The van der Waals surface area contributed by atoms with Crippen molar-refractivity contribution in [3.63, 3.8) is 0 Å². The molecule has 2 aliphatic heterocycles. The normalized spacial score (nSPS) is 16.0. The molecule has 0 saturated carbocycles. The zero-order valence-corrected chi connectivity index (χ0v) is 20.7. The number of aliphatic imine (C=N–C) groups is 1. The van der Waals surface area contributed by atoms with Gasteiger partial charge in [-0.05, 0) is 48.9 Å². The van der Waals surface area contributed by atoms with Gasteiger partial charge in [-0.15, -0.1) is 0 Å². The lowest BCUT2D eigenvalue weighted by Gasteiger charge is -2.22. The van der Waals surface area contributed by atoms with E-state index in [1.165, 1.54) is 57.4 Å². The molecular formula is C24H20ClN3O6S. The Balaban J connectivity index is 1.64. The number of allylic oxidation sites excluding steroid dienone is 1. The van der Waals surface area contributed by atoms with Gasteiger partial charge in [-0.2, -0.15) is 4.99 Å². The van der Waals surface area contributed by atoms with Gasteiger partial charge in [0.1, 0.15) is 5.84 Å². The summed E-state index contributed by atoms with van der Waals surface area (Å²) in [6, 6.07) is 7.67. The number of rotatable bonds is 6. The minimum absolute atomic E-state index is 0.00315. The number of hydrogen-bond donors (Lipinski definition) is 1. The van der Waals surface area contributed by atoms with Crippen molar-refractivity contribution >= 4 is 52.3 Å². The largest absolute Gasteiger partial charge is 0.493 e. The molecule has 2 aromatic rings. The van der Waals surface area contributed by atoms with E-state index < -0.39 is 11.9 Å². The van der Waals surface area contributed by atoms with Crippen LogP contribution in [0.5, 0.6) is 23.0 Å². The Hall–Kier alpha value is -3.76. The van der Waals surface area contributed by atoms with Crippen LogP contribution < -0.4 is 18.9 Å². The molecule has 1 amide bonds. The SMILES string of the molecule is COc1ccc(C(=O)Oc2c(Cl)cc(/C=C3/C(=N)N4C=C(C)SC4=NC3=O)cc2OC)cc1OC. The Kier molecular flexibility index (Phi) is 6.86. The molecule has 0 atom stereocenters. The van der Waals surface area contributed by atoms with Gasteiger partial charge in [0, 0.05) is 11.1 Å². The summed E-state index contributed by atoms with van der Waals surface area (Å²) in [7, 11) is 4.35. The van der Waals surface area contributed by atoms with Gasteiger partial charge in [0.05, 0.1) is 37.5 Å². The molecule has 0 bridgehead atoms. The van der Waals surface area contributed by atoms with Crippen molar-refractivity contribution in [3.8, 4) is 23.0 Å². The molecule has 0 saturated heterocycles. The first-order valence-electron chi connectivity index (χ1n) is 10.2. The summed E-state index contributed by atoms with van der Waals surface area (Å²) in [6.07, 6.45) is 3.24. The fourth-order valence-corrected chi connectivity index (χ4v) is 4.48. The molecule has 2 aromatic carbocycles. The second-order valence-electron chi connectivity index (χ2n) is 7.31. The number of nitrogens with one attached hydrogen (secondary N) is 1. The van der Waals surface area contributed by atoms with E-state index in [9.17, 15) is 9.59 Å². The van der Waals surface area contributed by atoms with E-state index in [2.05, 4.69) is 4.99 Å². The van der Waals surface area contributed by atoms with Crippen molar-refractivity contribution in [2.24, 2.45) is 4.99 Å². The first-order chi connectivity index (χ1) is 16.7. The van der Waals surface area contributed by atoms with E-state index in [1.807, 2.05) is 6.92 Å². The number of nitrogens with zero attached hydrogens (tertiary/aromatic N) is 2. The number of esters is 1. The molecule has 11 heteroatoms. The van der Waals surface area contributed by atoms with Crippen LogP contribution in [0.2, 0.25) is 5.02 Å². The number of amides is 1. The number of fused-ring (bicyclic) bond motifs is 1. The minimum Gasteiger partial charge on any atom is -0.493 e. The number of amidine groups is 2. The van der Waals surface area contributed by atoms with Gasteiger partial charge in [0.15, 0.2) is 28.2 Å². The van der Waals surface area contributed by atoms with Gasteiger partial charge in [0.2, 0.25) is 0 Å². The quantitative estimate of drug-likeness (QED) is 0.334. The molecular weight excluding hydrogens is 494 g/mol. The first-order valence-corrected chi connectivity index (χ1v) is 11.4. The van der Waals surface area contributed by atoms with Crippen LogP contribution in [0.25, 0.3) is 6.08 Å². The van der Waals surface area contributed by atoms with Crippen molar-refractivity contribution in [2.45, 2.75) is 6.92 Å². The van der Waals surface area contributed by atoms with Crippen LogP contribution in [0, 0.1) is 5.41 Å². The molecule has 0 unspecified atom stereocenters. The smallest absolute Gasteiger partial charge is 0.343 e. The summed E-state index contributed by atoms with van der Waals surface area (Å²) >= 11 is 7.76. The topological polar surface area (TPSA) is 111 Å². The number of carbonyl (C=O) groups is 2. The highest BCUT2D eigenvalue weighted by atomic mass is 35.5. The third-order valence-corrected chi connectivity index (χ3v) is 6.25. The van der Waals surface area contributed by atoms with E-state index in [1.54, 1.807) is 23.2 Å². The molecule has 1 N–H and O–H groups in total. The molecule has 9 nitrogen and oxygen atoms in total. The van der Waals surface area contributed by atoms with Crippen LogP contribution in [0.4, 0.5) is 0 Å². The van der Waals surface area contributed by atoms with Gasteiger partial charge in [-0.1, -0.05) is 23.4 Å². The van der Waals surface area contributed by atoms with Crippen molar-refractivity contribution < 1.29 is 28.5 Å². The van der Waals surface area contributed by atoms with E-state index in [0.29, 0.717) is 22.2 Å². The van der Waals surface area contributed by atoms with Crippen LogP contribution in [0.3, 0.4) is 0 Å². The number of thioether (sulfide) groups is 1. The van der Waals surface area contributed by atoms with Crippen molar-refractivity contribution in [3.05, 3.63) is 63.2 Å². The van der Waals surface area contributed by atoms with E-state index in [4.69, 9.17) is 36.0 Å². The minimum atomic E-state index is -0.683. The Morgan fingerprint density at radius 3 is 2.49 bits per heavy atom. The third-order valence-electron chi connectivity index (χ3n) is 5.07. The van der Waals surface area contributed by atoms with E-state index in [0.717, 1.165) is 4.91 Å². The average molecular weight is 514 g/mol. The molecule has 180 valence electrons. The number of hydrogen-bond acceptors (Lipinski definition) is 8. The summed E-state index contributed by atoms with van der Waals surface area (Å²) in [4.78, 5) is 31.9. The summed E-state index contributed by atoms with van der Waals surface area (Å²) < 4.78 is 21.3. The highest BCUT2D eigenvalue weighted by molar-refractivity contribution is 8.17. The predicted molar refractivity (Wildman–Crippen MR) is 134 cm³/mol. The highest BCUT2D eigenvalue weighted by Gasteiger charge is 2.33. The molecule has 2 aliphatic rings. The standard InChI is InChI=1S/C24H20ClN3O6S/c1-12-11-28-21(26)15(22(29)27-24(28)35-12)7-13-8-16(25)20(19(9-13)33-4)34-23(30)14-5-6-17(31-2)18(10-14)32-3/h5-11,26H,1-4H3/b15-7-,26-21?. The van der Waals surface area contributed by atoms with Crippen LogP contribution >= 0.6 is 23.4 Å². The lowest BCUT2D eigenvalue weighted by molar-refractivity contribution is -0.114. The Morgan fingerprint density at radius 1 is 1.09 bits per heavy atom. The summed E-state index contributed by atoms with van der Waals surface area (Å²) in [6.45, 7) is 1.87. The highest BCUT2D eigenvalue weighted by Crippen LogP contribution is 2.39. The number of carbonyl (C=O) groups excluding carboxylic acids is 2. The maximum absolute atomic E-state index is 12.8. The number of benzene rings is 2. The molecule has 35 heavy (non-hydrogen) atoms.